The smallest absolute Gasteiger partial charge is 0.321 e. The van der Waals surface area contributed by atoms with Gasteiger partial charge in [-0.25, -0.2) is 4.99 Å². The highest BCUT2D eigenvalue weighted by Crippen LogP contribution is 2.14. The maximum atomic E-state index is 9.24. The molecule has 0 bridgehead atoms. The van der Waals surface area contributed by atoms with E-state index in [9.17, 15) is 5.11 Å². The molecule has 6 heteroatoms. The number of aromatic nitrogens is 3. The predicted octanol–water partition coefficient (Wildman–Crippen LogP) is 2.03. The Bertz CT molecular complexity index is 609. The molecule has 0 radical (unpaired) electrons. The highest BCUT2D eigenvalue weighted by Gasteiger charge is 2.04. The van der Waals surface area contributed by atoms with Gasteiger partial charge in [0.25, 0.3) is 5.95 Å². The monoisotopic (exact) mass is 258 g/mol. The van der Waals surface area contributed by atoms with E-state index < -0.39 is 0 Å². The number of hydrogen-bond donors (Lipinski definition) is 1. The van der Waals surface area contributed by atoms with Crippen molar-refractivity contribution >= 4 is 11.7 Å². The summed E-state index contributed by atoms with van der Waals surface area (Å²) in [4.78, 5) is 16.5. The van der Waals surface area contributed by atoms with Crippen LogP contribution < -0.4 is 4.74 Å². The van der Waals surface area contributed by atoms with Crippen molar-refractivity contribution < 1.29 is 9.84 Å². The molecule has 0 spiro atoms. The van der Waals surface area contributed by atoms with Crippen LogP contribution in [0, 0.1) is 6.92 Å². The lowest BCUT2D eigenvalue weighted by molar-refractivity contribution is 0.377. The van der Waals surface area contributed by atoms with Crippen LogP contribution in [0.4, 0.5) is 5.95 Å². The van der Waals surface area contributed by atoms with Gasteiger partial charge in [-0.15, -0.1) is 0 Å². The van der Waals surface area contributed by atoms with Crippen molar-refractivity contribution in [3.05, 3.63) is 35.7 Å². The van der Waals surface area contributed by atoms with E-state index in [4.69, 9.17) is 4.74 Å². The van der Waals surface area contributed by atoms with Crippen molar-refractivity contribution in [1.82, 2.24) is 15.0 Å². The molecular formula is C13H14N4O2. The van der Waals surface area contributed by atoms with Gasteiger partial charge in [0.2, 0.25) is 0 Å². The average Bonchev–Trinajstić information content (AvgIpc) is 2.38. The first-order valence-electron chi connectivity index (χ1n) is 5.70. The Morgan fingerprint density at radius 2 is 1.84 bits per heavy atom. The van der Waals surface area contributed by atoms with Crippen molar-refractivity contribution in [3.8, 4) is 11.8 Å². The van der Waals surface area contributed by atoms with Gasteiger partial charge >= 0.3 is 6.01 Å². The molecule has 0 fully saturated rings. The second-order valence-corrected chi connectivity index (χ2v) is 3.91. The molecule has 2 aromatic rings. The average molecular weight is 258 g/mol. The number of phenols is 1. The maximum Gasteiger partial charge on any atom is 0.321 e. The van der Waals surface area contributed by atoms with Crippen LogP contribution in [-0.2, 0) is 0 Å². The van der Waals surface area contributed by atoms with E-state index >= 15 is 0 Å². The molecule has 2 rings (SSSR count). The number of ether oxygens (including phenoxy) is 1. The number of phenolic OH excluding ortho intramolecular Hbond substituents is 1. The molecule has 6 nitrogen and oxygen atoms in total. The molecule has 0 atom stereocenters. The molecule has 1 heterocycles. The Kier molecular flexibility index (Phi) is 3.70. The Balaban J connectivity index is 2.34. The van der Waals surface area contributed by atoms with Crippen molar-refractivity contribution in [2.24, 2.45) is 4.99 Å². The molecular weight excluding hydrogens is 244 g/mol. The van der Waals surface area contributed by atoms with Crippen LogP contribution in [0.15, 0.2) is 29.3 Å². The number of methoxy groups -OCH3 is 1. The van der Waals surface area contributed by atoms with Crippen LogP contribution in [0.25, 0.3) is 0 Å². The van der Waals surface area contributed by atoms with Gasteiger partial charge in [-0.2, -0.15) is 15.0 Å². The van der Waals surface area contributed by atoms with E-state index in [1.54, 1.807) is 31.2 Å². The van der Waals surface area contributed by atoms with Gasteiger partial charge in [0.15, 0.2) is 0 Å². The minimum absolute atomic E-state index is 0.217. The molecule has 0 amide bonds. The molecule has 0 aliphatic carbocycles. The van der Waals surface area contributed by atoms with Gasteiger partial charge in [0, 0.05) is 5.71 Å². The summed E-state index contributed by atoms with van der Waals surface area (Å²) < 4.78 is 4.97. The molecule has 98 valence electrons. The highest BCUT2D eigenvalue weighted by atomic mass is 16.5. The van der Waals surface area contributed by atoms with E-state index in [2.05, 4.69) is 19.9 Å². The molecule has 0 saturated carbocycles. The highest BCUT2D eigenvalue weighted by molar-refractivity contribution is 5.99. The Labute approximate surface area is 110 Å². The number of rotatable bonds is 3. The van der Waals surface area contributed by atoms with Crippen LogP contribution >= 0.6 is 0 Å². The number of aryl methyl sites for hydroxylation is 1. The van der Waals surface area contributed by atoms with Crippen LogP contribution in [0.5, 0.6) is 11.8 Å². The third-order valence-corrected chi connectivity index (χ3v) is 2.45. The van der Waals surface area contributed by atoms with E-state index in [1.165, 1.54) is 7.11 Å². The number of nitrogens with zero attached hydrogens (tertiary/aromatic N) is 4. The summed E-state index contributed by atoms with van der Waals surface area (Å²) in [5.41, 5.74) is 1.63. The first kappa shape index (κ1) is 12.9. The van der Waals surface area contributed by atoms with E-state index in [0.29, 0.717) is 11.8 Å². The predicted molar refractivity (Wildman–Crippen MR) is 71.1 cm³/mol. The first-order valence-corrected chi connectivity index (χ1v) is 5.70. The van der Waals surface area contributed by atoms with Crippen molar-refractivity contribution in [3.63, 3.8) is 0 Å². The number of benzene rings is 1. The summed E-state index contributed by atoms with van der Waals surface area (Å²) in [5, 5.41) is 9.24. The quantitative estimate of drug-likeness (QED) is 0.852. The van der Waals surface area contributed by atoms with Gasteiger partial charge < -0.3 is 9.84 Å². The number of aliphatic imine (C=N–C) groups is 1. The molecule has 1 N–H and O–H groups in total. The van der Waals surface area contributed by atoms with Gasteiger partial charge in [-0.1, -0.05) is 0 Å². The molecule has 1 aromatic heterocycles. The lowest BCUT2D eigenvalue weighted by Gasteiger charge is -2.02. The SMILES string of the molecule is COc1nc(C)nc(N=C(C)c2ccc(O)cc2)n1. The summed E-state index contributed by atoms with van der Waals surface area (Å²) in [7, 11) is 1.50. The zero-order chi connectivity index (χ0) is 13.8. The van der Waals surface area contributed by atoms with Crippen molar-refractivity contribution in [2.45, 2.75) is 13.8 Å². The van der Waals surface area contributed by atoms with Gasteiger partial charge in [-0.3, -0.25) is 0 Å². The summed E-state index contributed by atoms with van der Waals surface area (Å²) in [6.45, 7) is 3.59. The Morgan fingerprint density at radius 3 is 2.47 bits per heavy atom. The lowest BCUT2D eigenvalue weighted by atomic mass is 10.1. The van der Waals surface area contributed by atoms with Crippen LogP contribution in [0.3, 0.4) is 0 Å². The van der Waals surface area contributed by atoms with Crippen molar-refractivity contribution in [2.75, 3.05) is 7.11 Å². The lowest BCUT2D eigenvalue weighted by Crippen LogP contribution is -1.99. The standard InChI is InChI=1S/C13H14N4O2/c1-8(10-4-6-11(18)7-5-10)14-12-15-9(2)16-13(17-12)19-3/h4-7,18H,1-3H3. The summed E-state index contributed by atoms with van der Waals surface area (Å²) >= 11 is 0. The first-order chi connectivity index (χ1) is 9.08. The van der Waals surface area contributed by atoms with Gasteiger partial charge in [0.05, 0.1) is 7.11 Å². The summed E-state index contributed by atoms with van der Waals surface area (Å²) in [6, 6.07) is 7.00. The third-order valence-electron chi connectivity index (χ3n) is 2.45. The topological polar surface area (TPSA) is 80.5 Å². The van der Waals surface area contributed by atoms with Gasteiger partial charge in [0.1, 0.15) is 11.6 Å². The molecule has 0 aliphatic rings. The minimum atomic E-state index is 0.217. The van der Waals surface area contributed by atoms with Gasteiger partial charge in [-0.05, 0) is 43.7 Å². The fourth-order valence-corrected chi connectivity index (χ4v) is 1.50. The fraction of sp³-hybridized carbons (Fsp3) is 0.231. The van der Waals surface area contributed by atoms with E-state index in [1.807, 2.05) is 6.92 Å². The maximum absolute atomic E-state index is 9.24. The van der Waals surface area contributed by atoms with Crippen LogP contribution in [-0.4, -0.2) is 32.9 Å². The van der Waals surface area contributed by atoms with E-state index in [-0.39, 0.29) is 11.8 Å². The largest absolute Gasteiger partial charge is 0.508 e. The Hall–Kier alpha value is -2.50. The van der Waals surface area contributed by atoms with E-state index in [0.717, 1.165) is 11.3 Å². The summed E-state index contributed by atoms with van der Waals surface area (Å²) in [5.74, 6) is 1.06. The zero-order valence-corrected chi connectivity index (χ0v) is 11.0. The van der Waals surface area contributed by atoms with Crippen LogP contribution in [0.2, 0.25) is 0 Å². The normalized spacial score (nSPS) is 11.4. The summed E-state index contributed by atoms with van der Waals surface area (Å²) in [6.07, 6.45) is 0. The molecule has 0 saturated heterocycles. The molecule has 19 heavy (non-hydrogen) atoms. The zero-order valence-electron chi connectivity index (χ0n) is 11.0. The third kappa shape index (κ3) is 3.25. The number of aromatic hydroxyl groups is 1. The minimum Gasteiger partial charge on any atom is -0.508 e. The number of hydrogen-bond acceptors (Lipinski definition) is 6. The Morgan fingerprint density at radius 1 is 1.16 bits per heavy atom. The molecule has 1 aromatic carbocycles. The molecule has 0 aliphatic heterocycles. The van der Waals surface area contributed by atoms with Crippen LogP contribution in [0.1, 0.15) is 18.3 Å². The molecule has 0 unspecified atom stereocenters. The fourth-order valence-electron chi connectivity index (χ4n) is 1.50. The second-order valence-electron chi connectivity index (χ2n) is 3.91. The second kappa shape index (κ2) is 5.43. The van der Waals surface area contributed by atoms with Crippen molar-refractivity contribution in [1.29, 1.82) is 0 Å².